The second kappa shape index (κ2) is 5.73. The fourth-order valence-corrected chi connectivity index (χ4v) is 2.63. The molecule has 22 heavy (non-hydrogen) atoms. The van der Waals surface area contributed by atoms with Crippen LogP contribution in [0.4, 0.5) is 4.39 Å². The molecule has 0 fully saturated rings. The van der Waals surface area contributed by atoms with E-state index in [1.54, 1.807) is 24.7 Å². The number of aromatic amines is 1. The SMILES string of the molecule is CCC(O)(c1cccc(-c2ccc(F)cc2)c1)c1cnc[nH]1. The van der Waals surface area contributed by atoms with Gasteiger partial charge < -0.3 is 10.1 Å². The molecule has 2 N–H and O–H groups in total. The highest BCUT2D eigenvalue weighted by Gasteiger charge is 2.31. The molecule has 0 saturated carbocycles. The van der Waals surface area contributed by atoms with Gasteiger partial charge in [0.25, 0.3) is 0 Å². The van der Waals surface area contributed by atoms with Crippen LogP contribution in [-0.2, 0) is 5.60 Å². The Hall–Kier alpha value is -2.46. The van der Waals surface area contributed by atoms with Gasteiger partial charge in [0.2, 0.25) is 0 Å². The third-order valence-electron chi connectivity index (χ3n) is 3.97. The Morgan fingerprint density at radius 2 is 1.91 bits per heavy atom. The Balaban J connectivity index is 2.05. The molecule has 1 aromatic heterocycles. The fourth-order valence-electron chi connectivity index (χ4n) is 2.63. The van der Waals surface area contributed by atoms with E-state index < -0.39 is 5.60 Å². The topological polar surface area (TPSA) is 48.9 Å². The molecule has 0 aliphatic carbocycles. The van der Waals surface area contributed by atoms with Crippen LogP contribution in [0.1, 0.15) is 24.6 Å². The Morgan fingerprint density at radius 1 is 1.14 bits per heavy atom. The molecule has 2 aromatic carbocycles. The molecule has 3 rings (SSSR count). The molecular formula is C18H17FN2O. The molecule has 0 spiro atoms. The van der Waals surface area contributed by atoms with Crippen molar-refractivity contribution in [3.63, 3.8) is 0 Å². The highest BCUT2D eigenvalue weighted by molar-refractivity contribution is 5.64. The second-order valence-corrected chi connectivity index (χ2v) is 5.27. The number of halogens is 1. The van der Waals surface area contributed by atoms with E-state index in [4.69, 9.17) is 0 Å². The lowest BCUT2D eigenvalue weighted by atomic mass is 9.86. The van der Waals surface area contributed by atoms with Crippen LogP contribution in [0.2, 0.25) is 0 Å². The van der Waals surface area contributed by atoms with Gasteiger partial charge in [-0.1, -0.05) is 37.3 Å². The molecule has 112 valence electrons. The van der Waals surface area contributed by atoms with Crippen LogP contribution in [-0.4, -0.2) is 15.1 Å². The summed E-state index contributed by atoms with van der Waals surface area (Å²) in [4.78, 5) is 6.98. The Labute approximate surface area is 128 Å². The van der Waals surface area contributed by atoms with Crippen molar-refractivity contribution < 1.29 is 9.50 Å². The zero-order valence-electron chi connectivity index (χ0n) is 12.3. The van der Waals surface area contributed by atoms with Crippen molar-refractivity contribution in [2.75, 3.05) is 0 Å². The molecule has 1 atom stereocenters. The maximum atomic E-state index is 13.1. The molecule has 0 bridgehead atoms. The van der Waals surface area contributed by atoms with Crippen molar-refractivity contribution >= 4 is 0 Å². The fraction of sp³-hybridized carbons (Fsp3) is 0.167. The Kier molecular flexibility index (Phi) is 3.77. The molecule has 1 unspecified atom stereocenters. The monoisotopic (exact) mass is 296 g/mol. The predicted octanol–water partition coefficient (Wildman–Crippen LogP) is 3.86. The summed E-state index contributed by atoms with van der Waals surface area (Å²) >= 11 is 0. The van der Waals surface area contributed by atoms with Gasteiger partial charge in [0.05, 0.1) is 18.2 Å². The summed E-state index contributed by atoms with van der Waals surface area (Å²) in [6.07, 6.45) is 3.70. The number of benzene rings is 2. The number of nitrogens with zero attached hydrogens (tertiary/aromatic N) is 1. The van der Waals surface area contributed by atoms with Crippen LogP contribution < -0.4 is 0 Å². The highest BCUT2D eigenvalue weighted by atomic mass is 19.1. The van der Waals surface area contributed by atoms with Crippen molar-refractivity contribution in [1.82, 2.24) is 9.97 Å². The molecular weight excluding hydrogens is 279 g/mol. The summed E-state index contributed by atoms with van der Waals surface area (Å²) in [5.41, 5.74) is 2.16. The first-order chi connectivity index (χ1) is 10.6. The predicted molar refractivity (Wildman–Crippen MR) is 83.7 cm³/mol. The molecule has 0 saturated heterocycles. The molecule has 3 nitrogen and oxygen atoms in total. The summed E-state index contributed by atoms with van der Waals surface area (Å²) < 4.78 is 13.1. The van der Waals surface area contributed by atoms with Gasteiger partial charge in [-0.25, -0.2) is 9.37 Å². The van der Waals surface area contributed by atoms with Gasteiger partial charge in [-0.15, -0.1) is 0 Å². The number of hydrogen-bond donors (Lipinski definition) is 2. The summed E-state index contributed by atoms with van der Waals surface area (Å²) in [6.45, 7) is 1.92. The lowest BCUT2D eigenvalue weighted by Gasteiger charge is -2.26. The molecule has 0 radical (unpaired) electrons. The maximum Gasteiger partial charge on any atom is 0.131 e. The van der Waals surface area contributed by atoms with E-state index in [0.29, 0.717) is 12.1 Å². The summed E-state index contributed by atoms with van der Waals surface area (Å²) in [7, 11) is 0. The third kappa shape index (κ3) is 2.53. The first-order valence-electron chi connectivity index (χ1n) is 7.21. The smallest absolute Gasteiger partial charge is 0.131 e. The van der Waals surface area contributed by atoms with Crippen molar-refractivity contribution in [3.8, 4) is 11.1 Å². The van der Waals surface area contributed by atoms with E-state index in [0.717, 1.165) is 16.7 Å². The zero-order valence-corrected chi connectivity index (χ0v) is 12.3. The maximum absolute atomic E-state index is 13.1. The van der Waals surface area contributed by atoms with Gasteiger partial charge in [0, 0.05) is 0 Å². The van der Waals surface area contributed by atoms with Crippen molar-refractivity contribution in [2.24, 2.45) is 0 Å². The van der Waals surface area contributed by atoms with Gasteiger partial charge in [0.15, 0.2) is 0 Å². The Bertz CT molecular complexity index is 753. The van der Waals surface area contributed by atoms with Gasteiger partial charge in [-0.2, -0.15) is 0 Å². The van der Waals surface area contributed by atoms with Crippen LogP contribution >= 0.6 is 0 Å². The molecule has 3 aromatic rings. The standard InChI is InChI=1S/C18H17FN2O/c1-2-18(22,17-11-20-12-21-17)15-5-3-4-14(10-15)13-6-8-16(19)9-7-13/h3-12,22H,2H2,1H3,(H,20,21). The van der Waals surface area contributed by atoms with E-state index in [1.807, 2.05) is 31.2 Å². The first-order valence-corrected chi connectivity index (χ1v) is 7.21. The van der Waals surface area contributed by atoms with E-state index in [-0.39, 0.29) is 5.82 Å². The number of aliphatic hydroxyl groups is 1. The number of rotatable bonds is 4. The van der Waals surface area contributed by atoms with Crippen LogP contribution in [0, 0.1) is 5.82 Å². The average Bonchev–Trinajstić information content (AvgIpc) is 3.10. The lowest BCUT2D eigenvalue weighted by Crippen LogP contribution is -2.26. The van der Waals surface area contributed by atoms with Crippen LogP contribution in [0.25, 0.3) is 11.1 Å². The van der Waals surface area contributed by atoms with E-state index in [2.05, 4.69) is 9.97 Å². The van der Waals surface area contributed by atoms with Crippen molar-refractivity contribution in [2.45, 2.75) is 18.9 Å². The van der Waals surface area contributed by atoms with Gasteiger partial charge >= 0.3 is 0 Å². The second-order valence-electron chi connectivity index (χ2n) is 5.27. The number of nitrogens with one attached hydrogen (secondary N) is 1. The zero-order chi connectivity index (χ0) is 15.6. The largest absolute Gasteiger partial charge is 0.379 e. The number of aromatic nitrogens is 2. The minimum absolute atomic E-state index is 0.262. The summed E-state index contributed by atoms with van der Waals surface area (Å²) in [5.74, 6) is -0.262. The van der Waals surface area contributed by atoms with Gasteiger partial charge in [-0.05, 0) is 41.3 Å². The quantitative estimate of drug-likeness (QED) is 0.768. The van der Waals surface area contributed by atoms with Crippen molar-refractivity contribution in [1.29, 1.82) is 0 Å². The first kappa shape index (κ1) is 14.5. The lowest BCUT2D eigenvalue weighted by molar-refractivity contribution is 0.0724. The molecule has 0 aliphatic rings. The number of H-pyrrole nitrogens is 1. The normalized spacial score (nSPS) is 13.8. The van der Waals surface area contributed by atoms with E-state index >= 15 is 0 Å². The number of hydrogen-bond acceptors (Lipinski definition) is 2. The van der Waals surface area contributed by atoms with Gasteiger partial charge in [-0.3, -0.25) is 0 Å². The van der Waals surface area contributed by atoms with Crippen LogP contribution in [0.5, 0.6) is 0 Å². The van der Waals surface area contributed by atoms with E-state index in [1.165, 1.54) is 12.1 Å². The molecule has 0 amide bonds. The summed E-state index contributed by atoms with van der Waals surface area (Å²) in [6, 6.07) is 14.0. The average molecular weight is 296 g/mol. The molecule has 4 heteroatoms. The summed E-state index contributed by atoms with van der Waals surface area (Å²) in [5, 5.41) is 11.0. The number of imidazole rings is 1. The van der Waals surface area contributed by atoms with E-state index in [9.17, 15) is 9.50 Å². The highest BCUT2D eigenvalue weighted by Crippen LogP contribution is 2.33. The van der Waals surface area contributed by atoms with Gasteiger partial charge in [0.1, 0.15) is 11.4 Å². The molecule has 1 heterocycles. The minimum atomic E-state index is -1.12. The van der Waals surface area contributed by atoms with Crippen LogP contribution in [0.3, 0.4) is 0 Å². The third-order valence-corrected chi connectivity index (χ3v) is 3.97. The van der Waals surface area contributed by atoms with Crippen LogP contribution in [0.15, 0.2) is 61.1 Å². The Morgan fingerprint density at radius 3 is 2.55 bits per heavy atom. The van der Waals surface area contributed by atoms with Crippen molar-refractivity contribution in [3.05, 3.63) is 78.1 Å². The minimum Gasteiger partial charge on any atom is -0.379 e. The molecule has 0 aliphatic heterocycles.